The van der Waals surface area contributed by atoms with Gasteiger partial charge in [0.2, 0.25) is 0 Å². The molecule has 3 nitrogen and oxygen atoms in total. The molecule has 2 aromatic carbocycles. The Morgan fingerprint density at radius 1 is 0.967 bits per heavy atom. The van der Waals surface area contributed by atoms with Gasteiger partial charge in [-0.2, -0.15) is 0 Å². The first-order valence-electron chi connectivity index (χ1n) is 11.5. The zero-order valence-electron chi connectivity index (χ0n) is 18.4. The number of para-hydroxylation sites is 1. The molecule has 0 saturated carbocycles. The highest BCUT2D eigenvalue weighted by atomic mass is 32.2. The van der Waals surface area contributed by atoms with Crippen LogP contribution in [0, 0.1) is 0 Å². The molecule has 0 radical (unpaired) electrons. The number of benzene rings is 2. The Hall–Kier alpha value is -1.91. The second kappa shape index (κ2) is 9.93. The van der Waals surface area contributed by atoms with E-state index in [4.69, 9.17) is 0 Å². The van der Waals surface area contributed by atoms with Gasteiger partial charge in [-0.1, -0.05) is 56.2 Å². The van der Waals surface area contributed by atoms with Gasteiger partial charge in [-0.25, -0.2) is 0 Å². The molecule has 1 aliphatic rings. The largest absolute Gasteiger partial charge is 0.340 e. The van der Waals surface area contributed by atoms with Crippen LogP contribution >= 0.6 is 0 Å². The molecule has 0 bridgehead atoms. The molecule has 1 unspecified atom stereocenters. The Bertz CT molecular complexity index is 1020. The first-order chi connectivity index (χ1) is 14.7. The molecule has 4 rings (SSSR count). The smallest absolute Gasteiger partial charge is 0.0539 e. The van der Waals surface area contributed by atoms with Crippen molar-refractivity contribution in [1.29, 1.82) is 0 Å². The van der Waals surface area contributed by atoms with Crippen molar-refractivity contribution in [2.75, 3.05) is 25.9 Å². The fourth-order valence-corrected chi connectivity index (χ4v) is 5.95. The molecule has 1 atom stereocenters. The maximum absolute atomic E-state index is 12.9. The van der Waals surface area contributed by atoms with Gasteiger partial charge in [0.15, 0.2) is 0 Å². The first-order valence-corrected chi connectivity index (χ1v) is 12.8. The van der Waals surface area contributed by atoms with Gasteiger partial charge < -0.3 is 9.47 Å². The van der Waals surface area contributed by atoms with Crippen LogP contribution < -0.4 is 0 Å². The monoisotopic (exact) mass is 422 g/mol. The van der Waals surface area contributed by atoms with Gasteiger partial charge in [0.1, 0.15) is 0 Å². The van der Waals surface area contributed by atoms with Crippen molar-refractivity contribution in [1.82, 2.24) is 9.47 Å². The van der Waals surface area contributed by atoms with Crippen LogP contribution in [-0.2, 0) is 23.8 Å². The summed E-state index contributed by atoms with van der Waals surface area (Å²) in [6.07, 6.45) is 7.11. The molecular weight excluding hydrogens is 388 g/mol. The molecule has 1 aromatic heterocycles. The van der Waals surface area contributed by atoms with Crippen LogP contribution in [-0.4, -0.2) is 39.6 Å². The van der Waals surface area contributed by atoms with Gasteiger partial charge in [-0.15, -0.1) is 0 Å². The van der Waals surface area contributed by atoms with Crippen LogP contribution in [0.4, 0.5) is 0 Å². The topological polar surface area (TPSA) is 25.2 Å². The number of fused-ring (bicyclic) bond motifs is 5. The zero-order valence-corrected chi connectivity index (χ0v) is 19.2. The lowest BCUT2D eigenvalue weighted by Crippen LogP contribution is -2.20. The third-order valence-electron chi connectivity index (χ3n) is 6.32. The quantitative estimate of drug-likeness (QED) is 0.403. The van der Waals surface area contributed by atoms with Crippen molar-refractivity contribution in [3.8, 4) is 11.3 Å². The molecular formula is C26H34N2OS. The van der Waals surface area contributed by atoms with Crippen molar-refractivity contribution < 1.29 is 4.21 Å². The highest BCUT2D eigenvalue weighted by Gasteiger charge is 2.25. The normalized spacial score (nSPS) is 15.9. The minimum atomic E-state index is -0.924. The molecule has 3 aromatic rings. The van der Waals surface area contributed by atoms with E-state index < -0.39 is 10.8 Å². The zero-order chi connectivity index (χ0) is 20.9. The van der Waals surface area contributed by atoms with Crippen LogP contribution in [0.2, 0.25) is 0 Å². The van der Waals surface area contributed by atoms with E-state index in [0.717, 1.165) is 17.9 Å². The lowest BCUT2D eigenvalue weighted by atomic mass is 10.0. The van der Waals surface area contributed by atoms with Crippen LogP contribution in [0.3, 0.4) is 0 Å². The number of aromatic nitrogens is 1. The molecule has 1 aliphatic heterocycles. The molecule has 0 aliphatic carbocycles. The maximum atomic E-state index is 12.9. The van der Waals surface area contributed by atoms with Crippen LogP contribution in [0.25, 0.3) is 22.2 Å². The highest BCUT2D eigenvalue weighted by molar-refractivity contribution is 7.85. The summed E-state index contributed by atoms with van der Waals surface area (Å²) in [4.78, 5) is 3.46. The minimum Gasteiger partial charge on any atom is -0.340 e. The Kier molecular flexibility index (Phi) is 7.06. The summed E-state index contributed by atoms with van der Waals surface area (Å²) >= 11 is 0. The second-order valence-corrected chi connectivity index (χ2v) is 10.0. The lowest BCUT2D eigenvalue weighted by molar-refractivity contribution is 0.318. The van der Waals surface area contributed by atoms with Crippen molar-refractivity contribution in [2.45, 2.75) is 56.9 Å². The Balaban J connectivity index is 1.58. The van der Waals surface area contributed by atoms with Gasteiger partial charge in [-0.05, 0) is 63.5 Å². The molecule has 160 valence electrons. The predicted octanol–water partition coefficient (Wildman–Crippen LogP) is 5.87. The van der Waals surface area contributed by atoms with Crippen molar-refractivity contribution in [3.05, 3.63) is 54.1 Å². The fourth-order valence-electron chi connectivity index (χ4n) is 4.70. The summed E-state index contributed by atoms with van der Waals surface area (Å²) in [5.41, 5.74) is 5.17. The van der Waals surface area contributed by atoms with E-state index in [0.29, 0.717) is 5.75 Å². The molecule has 2 heterocycles. The number of aryl methyl sites for hydroxylation is 2. The molecule has 0 N–H and O–H groups in total. The Morgan fingerprint density at radius 2 is 1.73 bits per heavy atom. The number of hydrogen-bond donors (Lipinski definition) is 0. The summed E-state index contributed by atoms with van der Waals surface area (Å²) in [6.45, 7) is 5.67. The summed E-state index contributed by atoms with van der Waals surface area (Å²) in [6, 6.07) is 17.1. The molecule has 0 fully saturated rings. The fraction of sp³-hybridized carbons (Fsp3) is 0.462. The summed E-state index contributed by atoms with van der Waals surface area (Å²) in [5, 5.41) is 1.33. The van der Waals surface area contributed by atoms with Gasteiger partial charge in [0.05, 0.1) is 16.5 Å². The number of nitrogens with zero attached hydrogens (tertiary/aromatic N) is 2. The van der Waals surface area contributed by atoms with Crippen LogP contribution in [0.5, 0.6) is 0 Å². The maximum Gasteiger partial charge on any atom is 0.0539 e. The number of hydrogen-bond acceptors (Lipinski definition) is 2. The third-order valence-corrected chi connectivity index (χ3v) is 7.74. The van der Waals surface area contributed by atoms with Gasteiger partial charge in [0.25, 0.3) is 0 Å². The first kappa shape index (κ1) is 21.3. The van der Waals surface area contributed by atoms with Gasteiger partial charge in [0, 0.05) is 33.7 Å². The average Bonchev–Trinajstić information content (AvgIpc) is 3.00. The van der Waals surface area contributed by atoms with Gasteiger partial charge in [-0.3, -0.25) is 4.21 Å². The van der Waals surface area contributed by atoms with E-state index in [1.165, 1.54) is 72.9 Å². The van der Waals surface area contributed by atoms with Crippen molar-refractivity contribution in [3.63, 3.8) is 0 Å². The molecule has 4 heteroatoms. The predicted molar refractivity (Wildman–Crippen MR) is 129 cm³/mol. The summed E-state index contributed by atoms with van der Waals surface area (Å²) < 4.78 is 15.4. The molecule has 0 saturated heterocycles. The molecule has 0 spiro atoms. The average molecular weight is 423 g/mol. The minimum absolute atomic E-state index is 0.710. The Morgan fingerprint density at radius 3 is 2.60 bits per heavy atom. The van der Waals surface area contributed by atoms with E-state index in [2.05, 4.69) is 65.9 Å². The SMILES string of the molecule is CCCCN(C)CCCCCn1c2c(c3ccccc31)CCS(=O)c1ccccc1-2. The van der Waals surface area contributed by atoms with Gasteiger partial charge >= 0.3 is 0 Å². The second-order valence-electron chi connectivity index (χ2n) is 8.51. The Labute approximate surface area is 183 Å². The van der Waals surface area contributed by atoms with E-state index in [1.807, 2.05) is 6.07 Å². The van der Waals surface area contributed by atoms with E-state index in [9.17, 15) is 4.21 Å². The van der Waals surface area contributed by atoms with E-state index in [-0.39, 0.29) is 0 Å². The molecule has 30 heavy (non-hydrogen) atoms. The highest BCUT2D eigenvalue weighted by Crippen LogP contribution is 2.39. The standard InChI is InChI=1S/C26H34N2OS/c1-3-4-17-27(2)18-10-5-11-19-28-24-14-8-6-12-21(24)22-16-20-30(29)25-15-9-7-13-23(25)26(22)28/h6-9,12-15H,3-5,10-11,16-20H2,1-2H3. The van der Waals surface area contributed by atoms with E-state index >= 15 is 0 Å². The summed E-state index contributed by atoms with van der Waals surface area (Å²) in [7, 11) is 1.32. The van der Waals surface area contributed by atoms with E-state index in [1.54, 1.807) is 0 Å². The van der Waals surface area contributed by atoms with Crippen molar-refractivity contribution in [2.24, 2.45) is 0 Å². The number of unbranched alkanes of at least 4 members (excludes halogenated alkanes) is 3. The molecule has 0 amide bonds. The summed E-state index contributed by atoms with van der Waals surface area (Å²) in [5.74, 6) is 0.710. The van der Waals surface area contributed by atoms with Crippen LogP contribution in [0.15, 0.2) is 53.4 Å². The third kappa shape index (κ3) is 4.40. The number of rotatable bonds is 9. The van der Waals surface area contributed by atoms with Crippen LogP contribution in [0.1, 0.15) is 44.6 Å². The van der Waals surface area contributed by atoms with Crippen molar-refractivity contribution >= 4 is 21.7 Å². The lowest BCUT2D eigenvalue weighted by Gasteiger charge is -2.16.